The van der Waals surface area contributed by atoms with E-state index in [1.165, 1.54) is 56.7 Å². The summed E-state index contributed by atoms with van der Waals surface area (Å²) in [5.74, 6) is 0. The van der Waals surface area contributed by atoms with E-state index in [1.807, 2.05) is 0 Å². The minimum Gasteiger partial charge on any atom is -0.378 e. The zero-order valence-corrected chi connectivity index (χ0v) is 10.5. The summed E-state index contributed by atoms with van der Waals surface area (Å²) >= 11 is 3.70. The van der Waals surface area contributed by atoms with Crippen molar-refractivity contribution in [3.63, 3.8) is 0 Å². The van der Waals surface area contributed by atoms with Crippen molar-refractivity contribution in [2.24, 2.45) is 5.41 Å². The molecule has 1 saturated heterocycles. The van der Waals surface area contributed by atoms with Crippen molar-refractivity contribution in [1.29, 1.82) is 0 Å². The summed E-state index contributed by atoms with van der Waals surface area (Å²) in [7, 11) is 0. The van der Waals surface area contributed by atoms with E-state index in [0.29, 0.717) is 11.5 Å². The quantitative estimate of drug-likeness (QED) is 0.697. The van der Waals surface area contributed by atoms with Crippen molar-refractivity contribution in [2.75, 3.05) is 11.9 Å². The first-order valence-corrected chi connectivity index (χ1v) is 7.14. The fraction of sp³-hybridized carbons (Fsp3) is 1.00. The van der Waals surface area contributed by atoms with E-state index in [0.717, 1.165) is 6.61 Å². The second-order valence-corrected chi connectivity index (χ2v) is 5.58. The first-order chi connectivity index (χ1) is 6.85. The van der Waals surface area contributed by atoms with E-state index in [9.17, 15) is 0 Å². The van der Waals surface area contributed by atoms with Crippen LogP contribution in [0.3, 0.4) is 0 Å². The van der Waals surface area contributed by atoms with Gasteiger partial charge in [-0.3, -0.25) is 0 Å². The maximum Gasteiger partial charge on any atom is 0.0576 e. The predicted octanol–water partition coefficient (Wildman–Crippen LogP) is 3.90. The standard InChI is InChI=1S/C12H21BrO/c13-10-12(6-1-2-7-12)8-5-11-4-3-9-14-11/h11H,1-10H2. The third kappa shape index (κ3) is 2.52. The molecule has 1 aliphatic carbocycles. The van der Waals surface area contributed by atoms with E-state index in [-0.39, 0.29) is 0 Å². The lowest BCUT2D eigenvalue weighted by Gasteiger charge is -2.27. The molecule has 82 valence electrons. The third-order valence-electron chi connectivity index (χ3n) is 3.97. The lowest BCUT2D eigenvalue weighted by Crippen LogP contribution is -2.20. The van der Waals surface area contributed by atoms with E-state index in [1.54, 1.807) is 0 Å². The van der Waals surface area contributed by atoms with Crippen molar-refractivity contribution in [2.45, 2.75) is 57.5 Å². The molecule has 1 unspecified atom stereocenters. The molecule has 2 fully saturated rings. The van der Waals surface area contributed by atoms with Crippen molar-refractivity contribution in [3.8, 4) is 0 Å². The summed E-state index contributed by atoms with van der Waals surface area (Å²) < 4.78 is 5.69. The summed E-state index contributed by atoms with van der Waals surface area (Å²) in [4.78, 5) is 0. The fourth-order valence-electron chi connectivity index (χ4n) is 2.91. The highest BCUT2D eigenvalue weighted by Crippen LogP contribution is 2.44. The molecule has 0 amide bonds. The zero-order valence-electron chi connectivity index (χ0n) is 8.93. The van der Waals surface area contributed by atoms with Crippen molar-refractivity contribution in [3.05, 3.63) is 0 Å². The Hall–Kier alpha value is 0.440. The van der Waals surface area contributed by atoms with Crippen LogP contribution in [-0.4, -0.2) is 18.0 Å². The maximum atomic E-state index is 5.69. The molecular formula is C12H21BrO. The fourth-order valence-corrected chi connectivity index (χ4v) is 3.76. The maximum absolute atomic E-state index is 5.69. The van der Waals surface area contributed by atoms with Crippen LogP contribution in [0.25, 0.3) is 0 Å². The molecular weight excluding hydrogens is 240 g/mol. The van der Waals surface area contributed by atoms with Gasteiger partial charge in [0.15, 0.2) is 0 Å². The Morgan fingerprint density at radius 3 is 2.57 bits per heavy atom. The molecule has 2 rings (SSSR count). The van der Waals surface area contributed by atoms with Gasteiger partial charge in [0.25, 0.3) is 0 Å². The number of alkyl halides is 1. The lowest BCUT2D eigenvalue weighted by molar-refractivity contribution is 0.0909. The van der Waals surface area contributed by atoms with Crippen LogP contribution < -0.4 is 0 Å². The molecule has 0 aromatic carbocycles. The monoisotopic (exact) mass is 260 g/mol. The van der Waals surface area contributed by atoms with Gasteiger partial charge in [0.1, 0.15) is 0 Å². The molecule has 0 radical (unpaired) electrons. The first-order valence-electron chi connectivity index (χ1n) is 6.02. The highest BCUT2D eigenvalue weighted by molar-refractivity contribution is 9.09. The van der Waals surface area contributed by atoms with Gasteiger partial charge in [0.2, 0.25) is 0 Å². The van der Waals surface area contributed by atoms with E-state index in [2.05, 4.69) is 15.9 Å². The van der Waals surface area contributed by atoms with Gasteiger partial charge in [-0.1, -0.05) is 28.8 Å². The average Bonchev–Trinajstić information content (AvgIpc) is 2.87. The van der Waals surface area contributed by atoms with Crippen molar-refractivity contribution in [1.82, 2.24) is 0 Å². The van der Waals surface area contributed by atoms with Crippen LogP contribution in [0.5, 0.6) is 0 Å². The highest BCUT2D eigenvalue weighted by atomic mass is 79.9. The van der Waals surface area contributed by atoms with Gasteiger partial charge in [-0.25, -0.2) is 0 Å². The summed E-state index contributed by atoms with van der Waals surface area (Å²) in [5, 5.41) is 1.20. The van der Waals surface area contributed by atoms with Gasteiger partial charge < -0.3 is 4.74 Å². The van der Waals surface area contributed by atoms with E-state index >= 15 is 0 Å². The SMILES string of the molecule is BrCC1(CCC2CCCO2)CCCC1. The molecule has 1 aliphatic heterocycles. The predicted molar refractivity (Wildman–Crippen MR) is 62.9 cm³/mol. The third-order valence-corrected chi connectivity index (χ3v) is 5.16. The molecule has 1 heterocycles. The summed E-state index contributed by atoms with van der Waals surface area (Å²) in [6.07, 6.45) is 11.6. The van der Waals surface area contributed by atoms with Gasteiger partial charge in [-0.2, -0.15) is 0 Å². The molecule has 1 saturated carbocycles. The molecule has 14 heavy (non-hydrogen) atoms. The van der Waals surface area contributed by atoms with Gasteiger partial charge in [-0.05, 0) is 43.9 Å². The Morgan fingerprint density at radius 2 is 2.00 bits per heavy atom. The second-order valence-electron chi connectivity index (χ2n) is 5.01. The summed E-state index contributed by atoms with van der Waals surface area (Å²) in [5.41, 5.74) is 0.631. The van der Waals surface area contributed by atoms with Crippen LogP contribution in [0.4, 0.5) is 0 Å². The minimum atomic E-state index is 0.589. The molecule has 0 aromatic rings. The molecule has 0 aromatic heterocycles. The van der Waals surface area contributed by atoms with Crippen LogP contribution in [0.1, 0.15) is 51.4 Å². The van der Waals surface area contributed by atoms with Crippen LogP contribution in [0.15, 0.2) is 0 Å². The lowest BCUT2D eigenvalue weighted by atomic mass is 9.83. The number of halogens is 1. The van der Waals surface area contributed by atoms with Gasteiger partial charge >= 0.3 is 0 Å². The Kier molecular flexibility index (Phi) is 3.89. The Bertz CT molecular complexity index is 169. The van der Waals surface area contributed by atoms with Crippen LogP contribution in [-0.2, 0) is 4.74 Å². The number of rotatable bonds is 4. The number of hydrogen-bond donors (Lipinski definition) is 0. The number of hydrogen-bond acceptors (Lipinski definition) is 1. The molecule has 0 N–H and O–H groups in total. The summed E-state index contributed by atoms with van der Waals surface area (Å²) in [6.45, 7) is 1.01. The zero-order chi connectivity index (χ0) is 9.86. The van der Waals surface area contributed by atoms with E-state index < -0.39 is 0 Å². The van der Waals surface area contributed by atoms with Crippen molar-refractivity contribution >= 4 is 15.9 Å². The molecule has 2 aliphatic rings. The van der Waals surface area contributed by atoms with Crippen LogP contribution in [0.2, 0.25) is 0 Å². The van der Waals surface area contributed by atoms with Crippen LogP contribution in [0, 0.1) is 5.41 Å². The Balaban J connectivity index is 1.76. The molecule has 1 atom stereocenters. The smallest absolute Gasteiger partial charge is 0.0576 e. The largest absolute Gasteiger partial charge is 0.378 e. The van der Waals surface area contributed by atoms with E-state index in [4.69, 9.17) is 4.74 Å². The normalized spacial score (nSPS) is 31.1. The minimum absolute atomic E-state index is 0.589. The van der Waals surface area contributed by atoms with Crippen LogP contribution >= 0.6 is 15.9 Å². The number of ether oxygens (including phenoxy) is 1. The molecule has 1 nitrogen and oxygen atoms in total. The molecule has 2 heteroatoms. The van der Waals surface area contributed by atoms with Crippen molar-refractivity contribution < 1.29 is 4.74 Å². The average molecular weight is 261 g/mol. The highest BCUT2D eigenvalue weighted by Gasteiger charge is 2.33. The first kappa shape index (κ1) is 10.9. The van der Waals surface area contributed by atoms with Gasteiger partial charge in [0, 0.05) is 11.9 Å². The molecule has 0 spiro atoms. The summed E-state index contributed by atoms with van der Waals surface area (Å²) in [6, 6.07) is 0. The second kappa shape index (κ2) is 4.98. The molecule has 0 bridgehead atoms. The van der Waals surface area contributed by atoms with Gasteiger partial charge in [0.05, 0.1) is 6.10 Å². The topological polar surface area (TPSA) is 9.23 Å². The Morgan fingerprint density at radius 1 is 1.21 bits per heavy atom. The van der Waals surface area contributed by atoms with Gasteiger partial charge in [-0.15, -0.1) is 0 Å². The Labute approximate surface area is 95.7 Å².